The summed E-state index contributed by atoms with van der Waals surface area (Å²) < 4.78 is 6.12. The van der Waals surface area contributed by atoms with Gasteiger partial charge in [-0.1, -0.05) is 0 Å². The number of nitrogens with one attached hydrogen (secondary N) is 1. The minimum atomic E-state index is -0.571. The van der Waals surface area contributed by atoms with Crippen molar-refractivity contribution in [3.8, 4) is 17.1 Å². The first-order chi connectivity index (χ1) is 13.1. The molecule has 0 aliphatic heterocycles. The highest BCUT2D eigenvalue weighted by Crippen LogP contribution is 2.59. The van der Waals surface area contributed by atoms with E-state index in [2.05, 4.69) is 15.2 Å². The summed E-state index contributed by atoms with van der Waals surface area (Å²) in [7, 11) is 0. The van der Waals surface area contributed by atoms with E-state index in [1.807, 2.05) is 18.2 Å². The normalized spacial score (nSPS) is 34.4. The van der Waals surface area contributed by atoms with Gasteiger partial charge in [0.1, 0.15) is 5.75 Å². The lowest BCUT2D eigenvalue weighted by atomic mass is 9.58. The fourth-order valence-electron chi connectivity index (χ4n) is 5.99. The maximum atomic E-state index is 12.0. The van der Waals surface area contributed by atoms with Crippen molar-refractivity contribution in [3.63, 3.8) is 0 Å². The third-order valence-corrected chi connectivity index (χ3v) is 7.22. The highest BCUT2D eigenvalue weighted by Gasteiger charge is 2.55. The number of carbonyl (C=O) groups is 1. The Morgan fingerprint density at radius 1 is 1.26 bits per heavy atom. The number of carboxylic acids is 1. The van der Waals surface area contributed by atoms with Gasteiger partial charge in [-0.15, -0.1) is 0 Å². The van der Waals surface area contributed by atoms with Gasteiger partial charge < -0.3 is 9.84 Å². The number of aromatic amines is 1. The van der Waals surface area contributed by atoms with Crippen LogP contribution in [0, 0.1) is 29.1 Å². The largest absolute Gasteiger partial charge is 0.492 e. The molecule has 0 spiro atoms. The Hall–Kier alpha value is -2.37. The number of carboxylic acid groups (broad SMARTS) is 1. The number of pyridine rings is 1. The summed E-state index contributed by atoms with van der Waals surface area (Å²) in [4.78, 5) is 16.4. The van der Waals surface area contributed by atoms with Gasteiger partial charge in [0, 0.05) is 6.20 Å². The van der Waals surface area contributed by atoms with Crippen molar-refractivity contribution >= 4 is 5.97 Å². The molecule has 4 fully saturated rings. The van der Waals surface area contributed by atoms with E-state index in [-0.39, 0.29) is 0 Å². The molecule has 0 amide bonds. The molecule has 4 aliphatic carbocycles. The van der Waals surface area contributed by atoms with Crippen molar-refractivity contribution < 1.29 is 14.6 Å². The number of aromatic nitrogens is 3. The number of hydrogen-bond donors (Lipinski definition) is 2. The van der Waals surface area contributed by atoms with Crippen molar-refractivity contribution in [2.45, 2.75) is 38.5 Å². The van der Waals surface area contributed by atoms with Crippen LogP contribution in [0.15, 0.2) is 30.6 Å². The summed E-state index contributed by atoms with van der Waals surface area (Å²) in [6.07, 6.45) is 9.43. The first kappa shape index (κ1) is 16.8. The average molecular weight is 367 g/mol. The van der Waals surface area contributed by atoms with Crippen molar-refractivity contribution in [2.24, 2.45) is 29.1 Å². The van der Waals surface area contributed by atoms with Gasteiger partial charge >= 0.3 is 5.97 Å². The number of H-pyrrole nitrogens is 1. The maximum absolute atomic E-state index is 12.0. The van der Waals surface area contributed by atoms with E-state index in [0.717, 1.165) is 42.8 Å². The molecule has 6 nitrogen and oxygen atoms in total. The molecule has 4 aliphatic rings. The van der Waals surface area contributed by atoms with E-state index in [4.69, 9.17) is 4.74 Å². The summed E-state index contributed by atoms with van der Waals surface area (Å²) in [5, 5.41) is 16.7. The van der Waals surface area contributed by atoms with Crippen LogP contribution in [-0.4, -0.2) is 32.9 Å². The summed E-state index contributed by atoms with van der Waals surface area (Å²) in [6.45, 7) is 0.669. The topological polar surface area (TPSA) is 88.1 Å². The molecule has 27 heavy (non-hydrogen) atoms. The fourth-order valence-corrected chi connectivity index (χ4v) is 5.99. The van der Waals surface area contributed by atoms with Crippen LogP contribution < -0.4 is 4.74 Å². The second-order valence-corrected chi connectivity index (χ2v) is 8.71. The van der Waals surface area contributed by atoms with Crippen LogP contribution >= 0.6 is 0 Å². The molecule has 2 aromatic heterocycles. The fraction of sp³-hybridized carbons (Fsp3) is 0.571. The zero-order chi connectivity index (χ0) is 18.4. The molecule has 2 heterocycles. The van der Waals surface area contributed by atoms with Crippen LogP contribution in [0.1, 0.15) is 38.5 Å². The van der Waals surface area contributed by atoms with Crippen LogP contribution in [0.4, 0.5) is 0 Å². The molecular formula is C21H25N3O3. The van der Waals surface area contributed by atoms with Crippen molar-refractivity contribution in [2.75, 3.05) is 6.61 Å². The molecule has 6 rings (SSSR count). The van der Waals surface area contributed by atoms with Crippen LogP contribution in [0.25, 0.3) is 11.4 Å². The van der Waals surface area contributed by atoms with Gasteiger partial charge in [-0.25, -0.2) is 0 Å². The number of rotatable bonds is 5. The SMILES string of the molecule is O=C(O)[C@@]12CC[C@@H]3CC(C[C@H](C1)[C@@H]3COc1ccc(-c3ccn[nH]3)nc1)C2. The molecule has 5 atom stereocenters. The molecule has 0 aromatic carbocycles. The molecule has 1 unspecified atom stereocenters. The number of hydrogen-bond acceptors (Lipinski definition) is 4. The average Bonchev–Trinajstić information content (AvgIpc) is 3.13. The highest BCUT2D eigenvalue weighted by molar-refractivity contribution is 5.75. The lowest BCUT2D eigenvalue weighted by Gasteiger charge is -2.47. The number of aliphatic carboxylic acids is 1. The number of fused-ring (bicyclic) bond motifs is 1. The van der Waals surface area contributed by atoms with E-state index >= 15 is 0 Å². The van der Waals surface area contributed by atoms with Crippen LogP contribution in [0.2, 0.25) is 0 Å². The Morgan fingerprint density at radius 2 is 2.15 bits per heavy atom. The van der Waals surface area contributed by atoms with E-state index in [9.17, 15) is 9.90 Å². The monoisotopic (exact) mass is 367 g/mol. The second kappa shape index (κ2) is 6.36. The van der Waals surface area contributed by atoms with Gasteiger partial charge in [-0.3, -0.25) is 14.9 Å². The molecule has 4 saturated carbocycles. The number of nitrogens with zero attached hydrogens (tertiary/aromatic N) is 2. The zero-order valence-electron chi connectivity index (χ0n) is 15.3. The predicted octanol–water partition coefficient (Wildman–Crippen LogP) is 3.77. The Bertz CT molecular complexity index is 820. The van der Waals surface area contributed by atoms with E-state index in [0.29, 0.717) is 30.3 Å². The Kier molecular flexibility index (Phi) is 3.95. The lowest BCUT2D eigenvalue weighted by molar-refractivity contribution is -0.154. The first-order valence-electron chi connectivity index (χ1n) is 9.95. The predicted molar refractivity (Wildman–Crippen MR) is 99.0 cm³/mol. The van der Waals surface area contributed by atoms with Crippen LogP contribution in [0.5, 0.6) is 5.75 Å². The Balaban J connectivity index is 1.28. The van der Waals surface area contributed by atoms with Crippen LogP contribution in [0.3, 0.4) is 0 Å². The van der Waals surface area contributed by atoms with Gasteiger partial charge in [0.2, 0.25) is 0 Å². The van der Waals surface area contributed by atoms with Crippen molar-refractivity contribution in [1.29, 1.82) is 0 Å². The van der Waals surface area contributed by atoms with E-state index in [1.165, 1.54) is 12.8 Å². The molecular weight excluding hydrogens is 342 g/mol. The summed E-state index contributed by atoms with van der Waals surface area (Å²) in [5.74, 6) is 2.36. The highest BCUT2D eigenvalue weighted by atomic mass is 16.5. The van der Waals surface area contributed by atoms with Gasteiger partial charge in [0.15, 0.2) is 0 Å². The van der Waals surface area contributed by atoms with Crippen LogP contribution in [-0.2, 0) is 4.79 Å². The molecule has 0 saturated heterocycles. The summed E-state index contributed by atoms with van der Waals surface area (Å²) in [5.41, 5.74) is 1.26. The first-order valence-corrected chi connectivity index (χ1v) is 9.95. The van der Waals surface area contributed by atoms with Gasteiger partial charge in [-0.05, 0) is 80.4 Å². The van der Waals surface area contributed by atoms with E-state index < -0.39 is 11.4 Å². The molecule has 2 aromatic rings. The summed E-state index contributed by atoms with van der Waals surface area (Å²) >= 11 is 0. The lowest BCUT2D eigenvalue weighted by Crippen LogP contribution is -2.44. The molecule has 0 radical (unpaired) electrons. The van der Waals surface area contributed by atoms with E-state index in [1.54, 1.807) is 12.4 Å². The molecule has 2 N–H and O–H groups in total. The Labute approximate surface area is 158 Å². The molecule has 4 bridgehead atoms. The molecule has 142 valence electrons. The smallest absolute Gasteiger partial charge is 0.309 e. The number of ether oxygens (including phenoxy) is 1. The van der Waals surface area contributed by atoms with Gasteiger partial charge in [0.05, 0.1) is 29.6 Å². The minimum absolute atomic E-state index is 0.468. The molecule has 6 heteroatoms. The third kappa shape index (κ3) is 2.91. The van der Waals surface area contributed by atoms with Gasteiger partial charge in [0.25, 0.3) is 0 Å². The third-order valence-electron chi connectivity index (χ3n) is 7.22. The quantitative estimate of drug-likeness (QED) is 0.840. The van der Waals surface area contributed by atoms with Crippen molar-refractivity contribution in [3.05, 3.63) is 30.6 Å². The van der Waals surface area contributed by atoms with Crippen molar-refractivity contribution in [1.82, 2.24) is 15.2 Å². The second-order valence-electron chi connectivity index (χ2n) is 8.71. The Morgan fingerprint density at radius 3 is 2.89 bits per heavy atom. The standard InChI is InChI=1S/C21H25N3O3/c25-20(26)21-5-3-14-7-13(9-21)8-15(10-21)17(14)12-27-16-1-2-18(22-11-16)19-4-6-23-24-19/h1-2,4,6,11,13-15,17H,3,5,7-10,12H2,(H,23,24)(H,25,26)/t13?,14-,15-,17-,21-/m1/s1. The van der Waals surface area contributed by atoms with Gasteiger partial charge in [-0.2, -0.15) is 5.10 Å². The minimum Gasteiger partial charge on any atom is -0.492 e. The summed E-state index contributed by atoms with van der Waals surface area (Å²) in [6, 6.07) is 5.77. The zero-order valence-corrected chi connectivity index (χ0v) is 15.3. The maximum Gasteiger partial charge on any atom is 0.309 e.